The number of benzene rings is 1. The molecule has 1 amide bonds. The first-order chi connectivity index (χ1) is 12.7. The fourth-order valence-corrected chi connectivity index (χ4v) is 3.73. The summed E-state index contributed by atoms with van der Waals surface area (Å²) in [5.74, 6) is -0.581. The van der Waals surface area contributed by atoms with Crippen molar-refractivity contribution in [2.45, 2.75) is 64.8 Å². The van der Waals surface area contributed by atoms with Crippen LogP contribution in [0.1, 0.15) is 58.1 Å². The van der Waals surface area contributed by atoms with E-state index in [0.717, 1.165) is 38.9 Å². The number of rotatable bonds is 7. The molecular weight excluding hydrogens is 340 g/mol. The molecule has 1 aromatic rings. The highest BCUT2D eigenvalue weighted by molar-refractivity contribution is 5.76. The van der Waals surface area contributed by atoms with Crippen LogP contribution in [-0.2, 0) is 21.4 Å². The summed E-state index contributed by atoms with van der Waals surface area (Å²) in [5.41, 5.74) is 2.65. The molecule has 1 aliphatic rings. The van der Waals surface area contributed by atoms with Gasteiger partial charge in [-0.1, -0.05) is 52.0 Å². The van der Waals surface area contributed by atoms with Gasteiger partial charge in [-0.3, -0.25) is 14.5 Å². The van der Waals surface area contributed by atoms with Gasteiger partial charge in [0.15, 0.2) is 0 Å². The molecule has 1 aliphatic heterocycles. The van der Waals surface area contributed by atoms with E-state index in [1.54, 1.807) is 0 Å². The molecule has 0 spiro atoms. The Balaban J connectivity index is 1.80. The molecule has 2 rings (SSSR count). The quantitative estimate of drug-likeness (QED) is 0.795. The van der Waals surface area contributed by atoms with E-state index in [9.17, 15) is 9.59 Å². The number of nitrogens with zero attached hydrogens (tertiary/aromatic N) is 2. The van der Waals surface area contributed by atoms with Crippen molar-refractivity contribution in [2.24, 2.45) is 0 Å². The molecule has 0 radical (unpaired) electrons. The van der Waals surface area contributed by atoms with Gasteiger partial charge in [-0.2, -0.15) is 0 Å². The second-order valence-electron chi connectivity index (χ2n) is 8.52. The number of likely N-dealkylation sites (N-methyl/N-ethyl adjacent to an activating group) is 1. The highest BCUT2D eigenvalue weighted by Crippen LogP contribution is 2.23. The van der Waals surface area contributed by atoms with Crippen LogP contribution < -0.4 is 0 Å². The van der Waals surface area contributed by atoms with Crippen LogP contribution in [0.2, 0.25) is 0 Å². The van der Waals surface area contributed by atoms with Gasteiger partial charge in [-0.25, -0.2) is 0 Å². The van der Waals surface area contributed by atoms with Gasteiger partial charge in [-0.05, 0) is 42.3 Å². The Morgan fingerprint density at radius 2 is 1.74 bits per heavy atom. The number of aliphatic carboxylic acids is 1. The van der Waals surface area contributed by atoms with Crippen molar-refractivity contribution in [3.8, 4) is 0 Å². The molecule has 1 fully saturated rings. The maximum Gasteiger partial charge on any atom is 0.317 e. The third-order valence-electron chi connectivity index (χ3n) is 5.53. The van der Waals surface area contributed by atoms with Gasteiger partial charge in [0.05, 0.1) is 6.54 Å². The Labute approximate surface area is 163 Å². The number of hydrogen-bond acceptors (Lipinski definition) is 3. The van der Waals surface area contributed by atoms with E-state index < -0.39 is 5.97 Å². The summed E-state index contributed by atoms with van der Waals surface area (Å²) in [4.78, 5) is 27.5. The summed E-state index contributed by atoms with van der Waals surface area (Å²) in [7, 11) is 0. The number of piperidine rings is 1. The predicted octanol–water partition coefficient (Wildman–Crippen LogP) is 3.31. The second-order valence-corrected chi connectivity index (χ2v) is 8.52. The fraction of sp³-hybridized carbons (Fsp3) is 0.636. The van der Waals surface area contributed by atoms with Gasteiger partial charge >= 0.3 is 5.97 Å². The van der Waals surface area contributed by atoms with Gasteiger partial charge in [-0.15, -0.1) is 0 Å². The van der Waals surface area contributed by atoms with Crippen LogP contribution >= 0.6 is 0 Å². The average molecular weight is 375 g/mol. The zero-order valence-electron chi connectivity index (χ0n) is 17.2. The Kier molecular flexibility index (Phi) is 7.42. The fourth-order valence-electron chi connectivity index (χ4n) is 3.73. The minimum absolute atomic E-state index is 0.0830. The largest absolute Gasteiger partial charge is 0.480 e. The Hall–Kier alpha value is -1.88. The van der Waals surface area contributed by atoms with Crippen LogP contribution in [0.15, 0.2) is 24.3 Å². The number of hydrogen-bond donors (Lipinski definition) is 1. The number of amides is 1. The van der Waals surface area contributed by atoms with E-state index in [4.69, 9.17) is 5.11 Å². The smallest absolute Gasteiger partial charge is 0.317 e. The van der Waals surface area contributed by atoms with Crippen LogP contribution in [0, 0.1) is 0 Å². The third-order valence-corrected chi connectivity index (χ3v) is 5.53. The first kappa shape index (κ1) is 21.4. The van der Waals surface area contributed by atoms with Crippen molar-refractivity contribution in [2.75, 3.05) is 26.2 Å². The van der Waals surface area contributed by atoms with E-state index in [1.807, 2.05) is 16.7 Å². The molecule has 0 aromatic heterocycles. The number of aryl methyl sites for hydroxylation is 1. The lowest BCUT2D eigenvalue weighted by Crippen LogP contribution is -2.48. The monoisotopic (exact) mass is 374 g/mol. The van der Waals surface area contributed by atoms with Gasteiger partial charge in [0, 0.05) is 25.6 Å². The minimum Gasteiger partial charge on any atom is -0.480 e. The molecule has 1 N–H and O–H groups in total. The summed E-state index contributed by atoms with van der Waals surface area (Å²) in [5, 5.41) is 9.02. The van der Waals surface area contributed by atoms with E-state index in [0.29, 0.717) is 6.42 Å². The molecular formula is C22H34N2O3. The maximum atomic E-state index is 12.5. The predicted molar refractivity (Wildman–Crippen MR) is 108 cm³/mol. The number of carbonyl (C=O) groups excluding carboxylic acids is 1. The highest BCUT2D eigenvalue weighted by Gasteiger charge is 2.27. The van der Waals surface area contributed by atoms with Gasteiger partial charge in [0.1, 0.15) is 0 Å². The standard InChI is InChI=1S/C22H34N2O3/c1-5-23(16-21(26)27)19-12-14-24(15-13-19)20(25)11-8-17-6-9-18(10-7-17)22(2,3)4/h6-7,9-10,19H,5,8,11-16H2,1-4H3,(H,26,27). The second kappa shape index (κ2) is 9.36. The lowest BCUT2D eigenvalue weighted by molar-refractivity contribution is -0.140. The molecule has 5 heteroatoms. The Morgan fingerprint density at radius 3 is 2.22 bits per heavy atom. The molecule has 27 heavy (non-hydrogen) atoms. The van der Waals surface area contributed by atoms with E-state index in [-0.39, 0.29) is 23.9 Å². The Morgan fingerprint density at radius 1 is 1.15 bits per heavy atom. The maximum absolute atomic E-state index is 12.5. The summed E-state index contributed by atoms with van der Waals surface area (Å²) in [6, 6.07) is 8.84. The van der Waals surface area contributed by atoms with Crippen molar-refractivity contribution < 1.29 is 14.7 Å². The molecule has 1 saturated heterocycles. The molecule has 0 saturated carbocycles. The van der Waals surface area contributed by atoms with E-state index >= 15 is 0 Å². The Bertz CT molecular complexity index is 626. The van der Waals surface area contributed by atoms with Gasteiger partial charge in [0.2, 0.25) is 5.91 Å². The molecule has 5 nitrogen and oxygen atoms in total. The van der Waals surface area contributed by atoms with Crippen molar-refractivity contribution in [1.29, 1.82) is 0 Å². The molecule has 0 atom stereocenters. The van der Waals surface area contributed by atoms with Gasteiger partial charge < -0.3 is 10.0 Å². The summed E-state index contributed by atoms with van der Waals surface area (Å²) >= 11 is 0. The summed E-state index contributed by atoms with van der Waals surface area (Å²) < 4.78 is 0. The number of carboxylic acid groups (broad SMARTS) is 1. The van der Waals surface area contributed by atoms with Crippen LogP contribution in [-0.4, -0.2) is 59.0 Å². The lowest BCUT2D eigenvalue weighted by atomic mass is 9.86. The van der Waals surface area contributed by atoms with Crippen LogP contribution in [0.5, 0.6) is 0 Å². The van der Waals surface area contributed by atoms with Crippen LogP contribution in [0.4, 0.5) is 0 Å². The number of carboxylic acids is 1. The van der Waals surface area contributed by atoms with Crippen molar-refractivity contribution >= 4 is 11.9 Å². The summed E-state index contributed by atoms with van der Waals surface area (Å²) in [6.07, 6.45) is 3.01. The van der Waals surface area contributed by atoms with Crippen LogP contribution in [0.3, 0.4) is 0 Å². The van der Waals surface area contributed by atoms with Crippen molar-refractivity contribution in [1.82, 2.24) is 9.80 Å². The normalized spacial score (nSPS) is 16.0. The first-order valence-electron chi connectivity index (χ1n) is 10.0. The minimum atomic E-state index is -0.784. The van der Waals surface area contributed by atoms with Gasteiger partial charge in [0.25, 0.3) is 0 Å². The zero-order chi connectivity index (χ0) is 20.0. The molecule has 1 heterocycles. The molecule has 0 aliphatic carbocycles. The number of likely N-dealkylation sites (tertiary alicyclic amines) is 1. The molecule has 1 aromatic carbocycles. The highest BCUT2D eigenvalue weighted by atomic mass is 16.4. The lowest BCUT2D eigenvalue weighted by Gasteiger charge is -2.37. The zero-order valence-corrected chi connectivity index (χ0v) is 17.2. The summed E-state index contributed by atoms with van der Waals surface area (Å²) in [6.45, 7) is 10.9. The SMILES string of the molecule is CCN(CC(=O)O)C1CCN(C(=O)CCc2ccc(C(C)(C)C)cc2)CC1. The van der Waals surface area contributed by atoms with Crippen LogP contribution in [0.25, 0.3) is 0 Å². The number of carbonyl (C=O) groups is 2. The van der Waals surface area contributed by atoms with Crippen molar-refractivity contribution in [3.63, 3.8) is 0 Å². The van der Waals surface area contributed by atoms with E-state index in [2.05, 4.69) is 45.0 Å². The third kappa shape index (κ3) is 6.35. The average Bonchev–Trinajstić information content (AvgIpc) is 2.64. The first-order valence-corrected chi connectivity index (χ1v) is 10.0. The molecule has 150 valence electrons. The van der Waals surface area contributed by atoms with Crippen molar-refractivity contribution in [3.05, 3.63) is 35.4 Å². The van der Waals surface area contributed by atoms with E-state index in [1.165, 1.54) is 11.1 Å². The molecule has 0 bridgehead atoms. The molecule has 0 unspecified atom stereocenters. The topological polar surface area (TPSA) is 60.9 Å².